The van der Waals surface area contributed by atoms with Gasteiger partial charge in [-0.15, -0.1) is 0 Å². The fourth-order valence-corrected chi connectivity index (χ4v) is 4.73. The van der Waals surface area contributed by atoms with Crippen LogP contribution in [-0.2, 0) is 0 Å². The third-order valence-electron chi connectivity index (χ3n) is 5.37. The van der Waals surface area contributed by atoms with Gasteiger partial charge in [-0.2, -0.15) is 0 Å². The lowest BCUT2D eigenvalue weighted by atomic mass is 9.93. The summed E-state index contributed by atoms with van der Waals surface area (Å²) in [5.74, 6) is 1.63. The maximum Gasteiger partial charge on any atom is 0.231 e. The van der Waals surface area contributed by atoms with Crippen LogP contribution in [0.15, 0.2) is 64.1 Å². The molecule has 158 valence electrons. The SMILES string of the molecule is Oc1ccc(Br)cc1[C@H]1CC(c2ccc3c(c2)OCO3)=N[C@@H](c2ccc(Cl)cc2Cl)N1. The van der Waals surface area contributed by atoms with Crippen LogP contribution in [-0.4, -0.2) is 17.6 Å². The molecule has 2 N–H and O–H groups in total. The van der Waals surface area contributed by atoms with Crippen molar-refractivity contribution in [2.24, 2.45) is 4.99 Å². The molecule has 8 heteroatoms. The molecule has 0 fully saturated rings. The molecule has 0 aromatic heterocycles. The Labute approximate surface area is 197 Å². The number of fused-ring (bicyclic) bond motifs is 1. The lowest BCUT2D eigenvalue weighted by Gasteiger charge is -2.31. The topological polar surface area (TPSA) is 63.1 Å². The van der Waals surface area contributed by atoms with Crippen molar-refractivity contribution < 1.29 is 14.6 Å². The van der Waals surface area contributed by atoms with Crippen molar-refractivity contribution in [3.8, 4) is 17.2 Å². The van der Waals surface area contributed by atoms with E-state index in [1.807, 2.05) is 36.4 Å². The van der Waals surface area contributed by atoms with Gasteiger partial charge in [0, 0.05) is 43.8 Å². The highest BCUT2D eigenvalue weighted by molar-refractivity contribution is 9.10. The van der Waals surface area contributed by atoms with Crippen LogP contribution in [0.4, 0.5) is 0 Å². The van der Waals surface area contributed by atoms with E-state index in [2.05, 4.69) is 21.2 Å². The zero-order valence-electron chi connectivity index (χ0n) is 16.1. The normalized spacial score (nSPS) is 19.9. The number of aromatic hydroxyl groups is 1. The molecular formula is C23H17BrCl2N2O3. The van der Waals surface area contributed by atoms with Crippen molar-refractivity contribution >= 4 is 44.8 Å². The number of nitrogens with zero attached hydrogens (tertiary/aromatic N) is 1. The van der Waals surface area contributed by atoms with Crippen LogP contribution < -0.4 is 14.8 Å². The number of hydrogen-bond donors (Lipinski definition) is 2. The quantitative estimate of drug-likeness (QED) is 0.419. The Kier molecular flexibility index (Phi) is 5.56. The molecule has 0 unspecified atom stereocenters. The summed E-state index contributed by atoms with van der Waals surface area (Å²) in [6.45, 7) is 0.213. The Balaban J connectivity index is 1.59. The van der Waals surface area contributed by atoms with Gasteiger partial charge in [-0.3, -0.25) is 10.3 Å². The molecule has 2 aliphatic rings. The van der Waals surface area contributed by atoms with Crippen molar-refractivity contribution in [1.82, 2.24) is 5.32 Å². The number of aliphatic imine (C=N–C) groups is 1. The molecule has 3 aromatic carbocycles. The van der Waals surface area contributed by atoms with E-state index in [1.165, 1.54) is 0 Å². The van der Waals surface area contributed by atoms with Crippen LogP contribution in [0.3, 0.4) is 0 Å². The Morgan fingerprint density at radius 2 is 1.81 bits per heavy atom. The highest BCUT2D eigenvalue weighted by Crippen LogP contribution is 2.39. The fourth-order valence-electron chi connectivity index (χ4n) is 3.84. The summed E-state index contributed by atoms with van der Waals surface area (Å²) in [4.78, 5) is 4.95. The molecule has 0 aliphatic carbocycles. The first kappa shape index (κ1) is 20.6. The number of ether oxygens (including phenoxy) is 2. The van der Waals surface area contributed by atoms with Gasteiger partial charge in [0.15, 0.2) is 11.5 Å². The second-order valence-electron chi connectivity index (χ2n) is 7.34. The van der Waals surface area contributed by atoms with Crippen LogP contribution in [0.1, 0.15) is 35.3 Å². The molecule has 31 heavy (non-hydrogen) atoms. The molecule has 2 aliphatic heterocycles. The molecular weight excluding hydrogens is 503 g/mol. The number of phenolic OH excluding ortho intramolecular Hbond substituents is 1. The summed E-state index contributed by atoms with van der Waals surface area (Å²) in [6.07, 6.45) is 0.160. The number of benzene rings is 3. The Bertz CT molecular complexity index is 1200. The van der Waals surface area contributed by atoms with Crippen molar-refractivity contribution in [2.45, 2.75) is 18.6 Å². The minimum Gasteiger partial charge on any atom is -0.508 e. The van der Waals surface area contributed by atoms with Gasteiger partial charge in [0.05, 0.1) is 0 Å². The number of nitrogens with one attached hydrogen (secondary N) is 1. The summed E-state index contributed by atoms with van der Waals surface area (Å²) in [5, 5.41) is 15.1. The van der Waals surface area contributed by atoms with Crippen molar-refractivity contribution in [1.29, 1.82) is 0 Å². The smallest absolute Gasteiger partial charge is 0.231 e. The van der Waals surface area contributed by atoms with Crippen LogP contribution in [0.2, 0.25) is 10.0 Å². The molecule has 0 radical (unpaired) electrons. The van der Waals surface area contributed by atoms with E-state index in [4.69, 9.17) is 37.7 Å². The molecule has 5 nitrogen and oxygen atoms in total. The standard InChI is InChI=1S/C23H17BrCl2N2O3/c24-13-2-5-20(29)16(8-13)19-10-18(12-1-6-21-22(7-12)31-11-30-21)27-23(28-19)15-4-3-14(25)9-17(15)26/h1-9,19,23,28-29H,10-11H2/t19-,23-/m1/s1. The van der Waals surface area contributed by atoms with E-state index in [-0.39, 0.29) is 18.6 Å². The molecule has 0 spiro atoms. The van der Waals surface area contributed by atoms with Crippen molar-refractivity contribution in [2.75, 3.05) is 6.79 Å². The third kappa shape index (κ3) is 4.13. The third-order valence-corrected chi connectivity index (χ3v) is 6.43. The molecule has 2 atom stereocenters. The van der Waals surface area contributed by atoms with Gasteiger partial charge < -0.3 is 14.6 Å². The van der Waals surface area contributed by atoms with Crippen LogP contribution in [0.25, 0.3) is 0 Å². The van der Waals surface area contributed by atoms with Gasteiger partial charge in [0.1, 0.15) is 11.9 Å². The number of halogens is 3. The summed E-state index contributed by atoms with van der Waals surface area (Å²) in [6, 6.07) is 16.4. The summed E-state index contributed by atoms with van der Waals surface area (Å²) < 4.78 is 11.9. The number of phenols is 1. The predicted octanol–water partition coefficient (Wildman–Crippen LogP) is 6.41. The first-order valence-electron chi connectivity index (χ1n) is 9.64. The molecule has 0 bridgehead atoms. The second kappa shape index (κ2) is 8.36. The lowest BCUT2D eigenvalue weighted by molar-refractivity contribution is 0.174. The summed E-state index contributed by atoms with van der Waals surface area (Å²) in [7, 11) is 0. The zero-order chi connectivity index (χ0) is 21.5. The second-order valence-corrected chi connectivity index (χ2v) is 9.10. The van der Waals surface area contributed by atoms with E-state index in [0.29, 0.717) is 22.2 Å². The van der Waals surface area contributed by atoms with E-state index in [0.717, 1.165) is 32.6 Å². The Hall–Kier alpha value is -2.25. The van der Waals surface area contributed by atoms with Crippen molar-refractivity contribution in [3.63, 3.8) is 0 Å². The molecule has 0 amide bonds. The van der Waals surface area contributed by atoms with E-state index in [9.17, 15) is 5.11 Å². The maximum absolute atomic E-state index is 10.5. The van der Waals surface area contributed by atoms with Crippen LogP contribution in [0.5, 0.6) is 17.2 Å². The lowest BCUT2D eigenvalue weighted by Crippen LogP contribution is -2.33. The predicted molar refractivity (Wildman–Crippen MR) is 125 cm³/mol. The van der Waals surface area contributed by atoms with E-state index in [1.54, 1.807) is 18.2 Å². The van der Waals surface area contributed by atoms with E-state index >= 15 is 0 Å². The molecule has 0 saturated heterocycles. The van der Waals surface area contributed by atoms with Crippen LogP contribution >= 0.6 is 39.1 Å². The number of rotatable bonds is 3. The minimum absolute atomic E-state index is 0.188. The van der Waals surface area contributed by atoms with Gasteiger partial charge >= 0.3 is 0 Å². The highest BCUT2D eigenvalue weighted by atomic mass is 79.9. The summed E-state index contributed by atoms with van der Waals surface area (Å²) >= 11 is 16.1. The summed E-state index contributed by atoms with van der Waals surface area (Å²) in [5.41, 5.74) is 3.39. The fraction of sp³-hybridized carbons (Fsp3) is 0.174. The van der Waals surface area contributed by atoms with Crippen LogP contribution in [0, 0.1) is 0 Å². The van der Waals surface area contributed by atoms with Gasteiger partial charge in [-0.25, -0.2) is 0 Å². The highest BCUT2D eigenvalue weighted by Gasteiger charge is 2.29. The first-order valence-corrected chi connectivity index (χ1v) is 11.2. The minimum atomic E-state index is -0.415. The van der Waals surface area contributed by atoms with Gasteiger partial charge in [0.2, 0.25) is 6.79 Å². The average Bonchev–Trinajstić information content (AvgIpc) is 3.23. The van der Waals surface area contributed by atoms with Gasteiger partial charge in [-0.05, 0) is 54.1 Å². The Morgan fingerprint density at radius 3 is 2.65 bits per heavy atom. The molecule has 5 rings (SSSR count). The monoisotopic (exact) mass is 518 g/mol. The van der Waals surface area contributed by atoms with Gasteiger partial charge in [0.25, 0.3) is 0 Å². The van der Waals surface area contributed by atoms with Crippen molar-refractivity contribution in [3.05, 3.63) is 85.8 Å². The number of hydrogen-bond acceptors (Lipinski definition) is 5. The zero-order valence-corrected chi connectivity index (χ0v) is 19.2. The molecule has 3 aromatic rings. The largest absolute Gasteiger partial charge is 0.508 e. The maximum atomic E-state index is 10.5. The first-order chi connectivity index (χ1) is 15.0. The average molecular weight is 520 g/mol. The molecule has 0 saturated carbocycles. The van der Waals surface area contributed by atoms with Gasteiger partial charge in [-0.1, -0.05) is 45.2 Å². The molecule has 2 heterocycles. The van der Waals surface area contributed by atoms with E-state index < -0.39 is 6.17 Å². The Morgan fingerprint density at radius 1 is 0.968 bits per heavy atom.